The van der Waals surface area contributed by atoms with Crippen molar-refractivity contribution in [3.63, 3.8) is 0 Å². The summed E-state index contributed by atoms with van der Waals surface area (Å²) in [5.41, 5.74) is 1.31. The molecule has 1 heterocycles. The first-order valence-corrected chi connectivity index (χ1v) is 11.9. The Kier molecular flexibility index (Phi) is 8.03. The highest BCUT2D eigenvalue weighted by Gasteiger charge is 2.17. The monoisotopic (exact) mass is 477 g/mol. The average Bonchev–Trinajstić information content (AvgIpc) is 3.13. The minimum atomic E-state index is -0.342. The van der Waals surface area contributed by atoms with E-state index in [1.165, 1.54) is 12.8 Å². The van der Waals surface area contributed by atoms with Crippen molar-refractivity contribution < 1.29 is 23.8 Å². The Bertz CT molecular complexity index is 1170. The molecule has 8 heteroatoms. The quantitative estimate of drug-likeness (QED) is 0.341. The minimum Gasteiger partial charge on any atom is -0.493 e. The topological polar surface area (TPSA) is 98.8 Å². The van der Waals surface area contributed by atoms with Crippen molar-refractivity contribution >= 4 is 28.4 Å². The van der Waals surface area contributed by atoms with Crippen molar-refractivity contribution in [2.24, 2.45) is 0 Å². The molecule has 1 fully saturated rings. The van der Waals surface area contributed by atoms with Crippen molar-refractivity contribution in [1.82, 2.24) is 10.3 Å². The molecular weight excluding hydrogens is 446 g/mol. The van der Waals surface area contributed by atoms with E-state index in [0.29, 0.717) is 34.2 Å². The molecule has 0 spiro atoms. The molecule has 184 valence electrons. The first kappa shape index (κ1) is 24.3. The third-order valence-corrected chi connectivity index (χ3v) is 6.11. The molecule has 8 nitrogen and oxygen atoms in total. The molecule has 0 unspecified atom stereocenters. The molecule has 0 aliphatic heterocycles. The fraction of sp³-hybridized carbons (Fsp3) is 0.370. The van der Waals surface area contributed by atoms with E-state index in [9.17, 15) is 9.59 Å². The molecule has 0 saturated heterocycles. The van der Waals surface area contributed by atoms with Gasteiger partial charge in [0.25, 0.3) is 0 Å². The van der Waals surface area contributed by atoms with E-state index in [1.807, 2.05) is 6.07 Å². The molecule has 1 saturated carbocycles. The zero-order chi connectivity index (χ0) is 24.6. The van der Waals surface area contributed by atoms with Crippen LogP contribution in [0.1, 0.15) is 44.9 Å². The highest BCUT2D eigenvalue weighted by molar-refractivity contribution is 6.03. The van der Waals surface area contributed by atoms with Crippen LogP contribution in [0.15, 0.2) is 48.7 Å². The van der Waals surface area contributed by atoms with E-state index in [0.717, 1.165) is 31.1 Å². The van der Waals surface area contributed by atoms with Crippen LogP contribution in [0, 0.1) is 0 Å². The number of methoxy groups -OCH3 is 2. The molecule has 0 radical (unpaired) electrons. The van der Waals surface area contributed by atoms with E-state index in [4.69, 9.17) is 14.2 Å². The van der Waals surface area contributed by atoms with Crippen LogP contribution in [0.2, 0.25) is 0 Å². The number of rotatable bonds is 8. The van der Waals surface area contributed by atoms with Gasteiger partial charge in [-0.25, -0.2) is 0 Å². The van der Waals surface area contributed by atoms with Crippen molar-refractivity contribution in [2.75, 3.05) is 19.5 Å². The lowest BCUT2D eigenvalue weighted by Crippen LogP contribution is -2.36. The number of pyridine rings is 1. The first-order valence-electron chi connectivity index (χ1n) is 11.9. The lowest BCUT2D eigenvalue weighted by Gasteiger charge is -2.16. The van der Waals surface area contributed by atoms with Crippen LogP contribution < -0.4 is 24.8 Å². The van der Waals surface area contributed by atoms with Gasteiger partial charge < -0.3 is 24.8 Å². The van der Waals surface area contributed by atoms with Gasteiger partial charge in [-0.05, 0) is 49.2 Å². The number of nitrogens with zero attached hydrogens (tertiary/aromatic N) is 1. The fourth-order valence-electron chi connectivity index (χ4n) is 4.32. The van der Waals surface area contributed by atoms with Gasteiger partial charge in [-0.15, -0.1) is 0 Å². The van der Waals surface area contributed by atoms with Gasteiger partial charge in [-0.2, -0.15) is 0 Å². The Morgan fingerprint density at radius 3 is 2.26 bits per heavy atom. The summed E-state index contributed by atoms with van der Waals surface area (Å²) in [6, 6.07) is 12.6. The second-order valence-electron chi connectivity index (χ2n) is 8.64. The number of carbonyl (C=O) groups is 2. The van der Waals surface area contributed by atoms with E-state index in [-0.39, 0.29) is 24.3 Å². The van der Waals surface area contributed by atoms with Gasteiger partial charge in [0.2, 0.25) is 11.8 Å². The van der Waals surface area contributed by atoms with Crippen LogP contribution in [0.5, 0.6) is 23.0 Å². The maximum Gasteiger partial charge on any atom is 0.233 e. The van der Waals surface area contributed by atoms with Gasteiger partial charge in [0, 0.05) is 29.4 Å². The number of nitrogens with one attached hydrogen (secondary N) is 2. The molecule has 0 bridgehead atoms. The Labute approximate surface area is 205 Å². The van der Waals surface area contributed by atoms with Gasteiger partial charge >= 0.3 is 0 Å². The zero-order valence-corrected chi connectivity index (χ0v) is 20.1. The summed E-state index contributed by atoms with van der Waals surface area (Å²) >= 11 is 0. The minimum absolute atomic E-state index is 0.180. The van der Waals surface area contributed by atoms with Crippen molar-refractivity contribution in [3.05, 3.63) is 48.7 Å². The van der Waals surface area contributed by atoms with Gasteiger partial charge in [-0.1, -0.05) is 25.7 Å². The van der Waals surface area contributed by atoms with Crippen LogP contribution in [0.3, 0.4) is 0 Å². The molecule has 1 aliphatic rings. The third kappa shape index (κ3) is 6.41. The van der Waals surface area contributed by atoms with E-state index in [1.54, 1.807) is 56.8 Å². The number of benzene rings is 2. The average molecular weight is 478 g/mol. The summed E-state index contributed by atoms with van der Waals surface area (Å²) in [7, 11) is 3.16. The number of hydrogen-bond donors (Lipinski definition) is 2. The maximum absolute atomic E-state index is 12.3. The van der Waals surface area contributed by atoms with Crippen molar-refractivity contribution in [1.29, 1.82) is 0 Å². The summed E-state index contributed by atoms with van der Waals surface area (Å²) in [4.78, 5) is 29.0. The molecular formula is C27H31N3O5. The van der Waals surface area contributed by atoms with E-state index < -0.39 is 0 Å². The fourth-order valence-corrected chi connectivity index (χ4v) is 4.32. The van der Waals surface area contributed by atoms with Crippen LogP contribution in [0.25, 0.3) is 10.9 Å². The molecule has 35 heavy (non-hydrogen) atoms. The molecule has 3 aromatic rings. The Morgan fingerprint density at radius 2 is 1.57 bits per heavy atom. The summed E-state index contributed by atoms with van der Waals surface area (Å²) in [5, 5.41) is 6.56. The smallest absolute Gasteiger partial charge is 0.233 e. The molecule has 2 aromatic carbocycles. The predicted molar refractivity (Wildman–Crippen MR) is 134 cm³/mol. The largest absolute Gasteiger partial charge is 0.493 e. The predicted octanol–water partition coefficient (Wildman–Crippen LogP) is 5.21. The number of aromatic nitrogens is 1. The second kappa shape index (κ2) is 11.6. The Hall–Kier alpha value is -3.81. The van der Waals surface area contributed by atoms with Gasteiger partial charge in [0.05, 0.1) is 19.7 Å². The lowest BCUT2D eigenvalue weighted by atomic mass is 10.1. The molecule has 1 aromatic heterocycles. The highest BCUT2D eigenvalue weighted by Crippen LogP contribution is 2.37. The summed E-state index contributed by atoms with van der Waals surface area (Å²) in [6.45, 7) is 0. The molecule has 4 rings (SSSR count). The zero-order valence-electron chi connectivity index (χ0n) is 20.1. The molecule has 2 amide bonds. The molecule has 2 N–H and O–H groups in total. The number of anilines is 1. The first-order chi connectivity index (χ1) is 17.1. The standard InChI is InChI=1S/C27H31N3O5/c1-33-24-15-21-22(16-25(24)34-2)28-14-13-23(21)35-20-11-9-19(10-12-20)30-27(32)17-26(31)29-18-7-5-3-4-6-8-18/h9-16,18H,3-8,17H2,1-2H3,(H,29,31)(H,30,32). The third-order valence-electron chi connectivity index (χ3n) is 6.11. The van der Waals surface area contributed by atoms with Crippen LogP contribution in [0.4, 0.5) is 5.69 Å². The summed E-state index contributed by atoms with van der Waals surface area (Å²) in [5.74, 6) is 1.81. The molecule has 0 atom stereocenters. The van der Waals surface area contributed by atoms with Crippen molar-refractivity contribution in [2.45, 2.75) is 51.0 Å². The number of amides is 2. The number of fused-ring (bicyclic) bond motifs is 1. The van der Waals surface area contributed by atoms with Gasteiger partial charge in [0.1, 0.15) is 17.9 Å². The number of ether oxygens (including phenoxy) is 3. The maximum atomic E-state index is 12.3. The van der Waals surface area contributed by atoms with Gasteiger partial charge in [-0.3, -0.25) is 14.6 Å². The number of hydrogen-bond acceptors (Lipinski definition) is 6. The summed E-state index contributed by atoms with van der Waals surface area (Å²) in [6.07, 6.45) is 8.14. The second-order valence-corrected chi connectivity index (χ2v) is 8.64. The Balaban J connectivity index is 1.36. The normalized spacial score (nSPS) is 14.1. The van der Waals surface area contributed by atoms with Crippen LogP contribution in [-0.4, -0.2) is 37.1 Å². The van der Waals surface area contributed by atoms with Crippen molar-refractivity contribution in [3.8, 4) is 23.0 Å². The van der Waals surface area contributed by atoms with E-state index in [2.05, 4.69) is 15.6 Å². The Morgan fingerprint density at radius 1 is 0.886 bits per heavy atom. The summed E-state index contributed by atoms with van der Waals surface area (Å²) < 4.78 is 16.8. The van der Waals surface area contributed by atoms with E-state index >= 15 is 0 Å². The number of carbonyl (C=O) groups excluding carboxylic acids is 2. The SMILES string of the molecule is COc1cc2nccc(Oc3ccc(NC(=O)CC(=O)NC4CCCCCC4)cc3)c2cc1OC. The van der Waals surface area contributed by atoms with Crippen LogP contribution >= 0.6 is 0 Å². The van der Waals surface area contributed by atoms with Crippen LogP contribution in [-0.2, 0) is 9.59 Å². The highest BCUT2D eigenvalue weighted by atomic mass is 16.5. The lowest BCUT2D eigenvalue weighted by molar-refractivity contribution is -0.127. The molecule has 1 aliphatic carbocycles. The van der Waals surface area contributed by atoms with Gasteiger partial charge in [0.15, 0.2) is 11.5 Å².